The number of benzene rings is 1. The van der Waals surface area contributed by atoms with Crippen LogP contribution < -0.4 is 10.2 Å². The molecule has 2 aromatic rings. The smallest absolute Gasteiger partial charge is 0.128 e. The highest BCUT2D eigenvalue weighted by atomic mass is 16.5. The molecule has 1 heterocycles. The van der Waals surface area contributed by atoms with Gasteiger partial charge in [0.25, 0.3) is 0 Å². The maximum Gasteiger partial charge on any atom is 0.128 e. The Bertz CT molecular complexity index is 609. The van der Waals surface area contributed by atoms with Crippen molar-refractivity contribution < 1.29 is 4.74 Å². The topological polar surface area (TPSA) is 42.3 Å². The highest BCUT2D eigenvalue weighted by Crippen LogP contribution is 2.17. The third-order valence-corrected chi connectivity index (χ3v) is 4.03. The second kappa shape index (κ2) is 8.58. The number of aromatic nitrogens is 2. The minimum Gasteiger partial charge on any atom is -0.380 e. The van der Waals surface area contributed by atoms with E-state index < -0.39 is 0 Å². The molecular formula is C18H28N4O. The molecule has 2 rings (SSSR count). The van der Waals surface area contributed by atoms with Crippen LogP contribution in [0.1, 0.15) is 25.0 Å². The summed E-state index contributed by atoms with van der Waals surface area (Å²) in [5.41, 5.74) is 3.77. The summed E-state index contributed by atoms with van der Waals surface area (Å²) >= 11 is 0. The molecule has 0 aliphatic heterocycles. The van der Waals surface area contributed by atoms with Crippen molar-refractivity contribution in [2.24, 2.45) is 0 Å². The highest BCUT2D eigenvalue weighted by Gasteiger charge is 2.10. The molecule has 5 nitrogen and oxygen atoms in total. The molecule has 0 aliphatic carbocycles. The molecule has 0 atom stereocenters. The summed E-state index contributed by atoms with van der Waals surface area (Å²) in [5, 5.41) is 7.90. The normalized spacial score (nSPS) is 10.8. The predicted molar refractivity (Wildman–Crippen MR) is 96.1 cm³/mol. The van der Waals surface area contributed by atoms with Gasteiger partial charge in [-0.15, -0.1) is 0 Å². The predicted octanol–water partition coefficient (Wildman–Crippen LogP) is 3.43. The summed E-state index contributed by atoms with van der Waals surface area (Å²) in [5.74, 6) is 1.11. The van der Waals surface area contributed by atoms with Crippen molar-refractivity contribution in [2.75, 3.05) is 36.6 Å². The summed E-state index contributed by atoms with van der Waals surface area (Å²) in [6, 6.07) is 8.52. The molecule has 23 heavy (non-hydrogen) atoms. The summed E-state index contributed by atoms with van der Waals surface area (Å²) in [6.45, 7) is 12.3. The van der Waals surface area contributed by atoms with Crippen LogP contribution in [0.4, 0.5) is 11.5 Å². The van der Waals surface area contributed by atoms with Crippen molar-refractivity contribution in [2.45, 2.75) is 34.2 Å². The molecular weight excluding hydrogens is 288 g/mol. The zero-order chi connectivity index (χ0) is 16.7. The lowest BCUT2D eigenvalue weighted by molar-refractivity contribution is 0.136. The molecule has 0 spiro atoms. The van der Waals surface area contributed by atoms with Crippen molar-refractivity contribution in [1.82, 2.24) is 9.78 Å². The maximum atomic E-state index is 5.43. The van der Waals surface area contributed by atoms with E-state index in [0.29, 0.717) is 6.61 Å². The summed E-state index contributed by atoms with van der Waals surface area (Å²) in [7, 11) is 0. The van der Waals surface area contributed by atoms with Gasteiger partial charge >= 0.3 is 0 Å². The van der Waals surface area contributed by atoms with Crippen molar-refractivity contribution in [3.8, 4) is 0 Å². The van der Waals surface area contributed by atoms with Crippen LogP contribution in [0.15, 0.2) is 30.5 Å². The van der Waals surface area contributed by atoms with E-state index in [2.05, 4.69) is 60.4 Å². The molecule has 0 aliphatic rings. The number of nitrogens with zero attached hydrogens (tertiary/aromatic N) is 3. The fraction of sp³-hybridized carbons (Fsp3) is 0.500. The Morgan fingerprint density at radius 1 is 1.17 bits per heavy atom. The quantitative estimate of drug-likeness (QED) is 0.568. The van der Waals surface area contributed by atoms with Crippen LogP contribution in [0.3, 0.4) is 0 Å². The number of nitrogens with one attached hydrogen (secondary N) is 1. The molecule has 0 unspecified atom stereocenters. The Kier molecular flexibility index (Phi) is 6.47. The summed E-state index contributed by atoms with van der Waals surface area (Å²) < 4.78 is 7.44. The molecule has 0 bridgehead atoms. The molecule has 1 aromatic carbocycles. The number of hydrogen-bond acceptors (Lipinski definition) is 4. The van der Waals surface area contributed by atoms with E-state index >= 15 is 0 Å². The van der Waals surface area contributed by atoms with E-state index in [9.17, 15) is 0 Å². The zero-order valence-electron chi connectivity index (χ0n) is 14.7. The van der Waals surface area contributed by atoms with Crippen LogP contribution in [0, 0.1) is 13.8 Å². The first-order valence-electron chi connectivity index (χ1n) is 8.31. The zero-order valence-corrected chi connectivity index (χ0v) is 14.7. The molecule has 0 fully saturated rings. The fourth-order valence-corrected chi connectivity index (χ4v) is 2.45. The van der Waals surface area contributed by atoms with Crippen molar-refractivity contribution in [3.05, 3.63) is 41.6 Å². The van der Waals surface area contributed by atoms with Crippen molar-refractivity contribution >= 4 is 11.5 Å². The SMILES string of the molecule is CCOCCn1nccc1N(CC)CNc1ccc(C)c(C)c1. The van der Waals surface area contributed by atoms with Crippen LogP contribution in [-0.4, -0.2) is 36.2 Å². The van der Waals surface area contributed by atoms with E-state index in [1.165, 1.54) is 11.1 Å². The molecule has 0 saturated heterocycles. The van der Waals surface area contributed by atoms with Crippen LogP contribution in [0.2, 0.25) is 0 Å². The summed E-state index contributed by atoms with van der Waals surface area (Å²) in [4.78, 5) is 2.27. The van der Waals surface area contributed by atoms with Gasteiger partial charge in [-0.2, -0.15) is 5.10 Å². The maximum absolute atomic E-state index is 5.43. The number of rotatable bonds is 9. The van der Waals surface area contributed by atoms with Crippen LogP contribution in [0.25, 0.3) is 0 Å². The Balaban J connectivity index is 1.99. The third kappa shape index (κ3) is 4.73. The van der Waals surface area contributed by atoms with Gasteiger partial charge in [0.05, 0.1) is 26.0 Å². The van der Waals surface area contributed by atoms with Gasteiger partial charge in [-0.05, 0) is 51.0 Å². The molecule has 0 amide bonds. The third-order valence-electron chi connectivity index (χ3n) is 4.03. The van der Waals surface area contributed by atoms with Gasteiger partial charge in [-0.25, -0.2) is 4.68 Å². The van der Waals surface area contributed by atoms with Gasteiger partial charge in [0.2, 0.25) is 0 Å². The lowest BCUT2D eigenvalue weighted by Gasteiger charge is -2.24. The standard InChI is InChI=1S/C18H28N4O/c1-5-21(14-19-17-8-7-15(3)16(4)13-17)18-9-10-20-22(18)11-12-23-6-2/h7-10,13,19H,5-6,11-12,14H2,1-4H3. The van der Waals surface area contributed by atoms with Crippen LogP contribution in [-0.2, 0) is 11.3 Å². The fourth-order valence-electron chi connectivity index (χ4n) is 2.45. The van der Waals surface area contributed by atoms with Crippen molar-refractivity contribution in [3.63, 3.8) is 0 Å². The van der Waals surface area contributed by atoms with Gasteiger partial charge in [0.15, 0.2) is 0 Å². The van der Waals surface area contributed by atoms with Crippen LogP contribution >= 0.6 is 0 Å². The molecule has 126 valence electrons. The first-order chi connectivity index (χ1) is 11.2. The lowest BCUT2D eigenvalue weighted by Crippen LogP contribution is -2.31. The highest BCUT2D eigenvalue weighted by molar-refractivity contribution is 5.50. The van der Waals surface area contributed by atoms with Gasteiger partial charge < -0.3 is 15.0 Å². The van der Waals surface area contributed by atoms with E-state index in [-0.39, 0.29) is 0 Å². The van der Waals surface area contributed by atoms with Gasteiger partial charge in [-0.3, -0.25) is 0 Å². The minimum atomic E-state index is 0.688. The van der Waals surface area contributed by atoms with E-state index in [1.807, 2.05) is 17.8 Å². The van der Waals surface area contributed by atoms with E-state index in [0.717, 1.165) is 37.9 Å². The number of anilines is 2. The first kappa shape index (κ1) is 17.3. The number of hydrogen-bond donors (Lipinski definition) is 1. The largest absolute Gasteiger partial charge is 0.380 e. The van der Waals surface area contributed by atoms with E-state index in [1.54, 1.807) is 0 Å². The second-order valence-electron chi connectivity index (χ2n) is 5.60. The molecule has 1 aromatic heterocycles. The second-order valence-corrected chi connectivity index (χ2v) is 5.60. The number of aryl methyl sites for hydroxylation is 2. The summed E-state index contributed by atoms with van der Waals surface area (Å²) in [6.07, 6.45) is 1.85. The van der Waals surface area contributed by atoms with Crippen LogP contribution in [0.5, 0.6) is 0 Å². The van der Waals surface area contributed by atoms with E-state index in [4.69, 9.17) is 4.74 Å². The number of ether oxygens (including phenoxy) is 1. The van der Waals surface area contributed by atoms with Gasteiger partial charge in [-0.1, -0.05) is 6.07 Å². The minimum absolute atomic E-state index is 0.688. The van der Waals surface area contributed by atoms with Gasteiger partial charge in [0.1, 0.15) is 5.82 Å². The Labute approximate surface area is 139 Å². The average Bonchev–Trinajstić information content (AvgIpc) is 3.00. The average molecular weight is 316 g/mol. The Hall–Kier alpha value is -2.01. The Morgan fingerprint density at radius 2 is 2.00 bits per heavy atom. The molecule has 0 saturated carbocycles. The van der Waals surface area contributed by atoms with Crippen molar-refractivity contribution in [1.29, 1.82) is 0 Å². The lowest BCUT2D eigenvalue weighted by atomic mass is 10.1. The molecule has 5 heteroatoms. The first-order valence-corrected chi connectivity index (χ1v) is 8.31. The Morgan fingerprint density at radius 3 is 2.70 bits per heavy atom. The molecule has 0 radical (unpaired) electrons. The molecule has 1 N–H and O–H groups in total. The monoisotopic (exact) mass is 316 g/mol. The van der Waals surface area contributed by atoms with Gasteiger partial charge in [0, 0.05) is 24.9 Å².